The van der Waals surface area contributed by atoms with Crippen LogP contribution in [0, 0.1) is 17.6 Å². The number of hydrogen-bond donors (Lipinski definition) is 1. The maximum atomic E-state index is 14.6. The van der Waals surface area contributed by atoms with Crippen LogP contribution in [0.1, 0.15) is 42.1 Å². The Bertz CT molecular complexity index is 1080. The molecule has 168 valence electrons. The van der Waals surface area contributed by atoms with Gasteiger partial charge < -0.3 is 5.73 Å². The minimum Gasteiger partial charge on any atom is -0.326 e. The standard InChI is InChI=1S/C21H27F2N5O2S/c1-31(29,30)28-10-14-9-26(12-20(14)25-28)16-7-19(24)21(27(11-16)8-13-2-3-13)17-6-15(22)4-5-18(17)23/h4-6,10,13,16,19,21H,2-3,7-9,11-12,24H2,1H3/t16-,19+,21?/m1/s1. The number of nitrogens with zero attached hydrogens (tertiary/aromatic N) is 4. The number of halogens is 2. The highest BCUT2D eigenvalue weighted by molar-refractivity contribution is 7.89. The van der Waals surface area contributed by atoms with Gasteiger partial charge in [-0.3, -0.25) is 9.80 Å². The van der Waals surface area contributed by atoms with Gasteiger partial charge in [0.15, 0.2) is 0 Å². The van der Waals surface area contributed by atoms with Crippen LogP contribution in [0.25, 0.3) is 0 Å². The molecule has 3 atom stereocenters. The van der Waals surface area contributed by atoms with Gasteiger partial charge in [-0.25, -0.2) is 17.2 Å². The van der Waals surface area contributed by atoms with Crippen LogP contribution in [0.5, 0.6) is 0 Å². The third-order valence-corrected chi connectivity index (χ3v) is 7.56. The predicted octanol–water partition coefficient (Wildman–Crippen LogP) is 1.84. The second-order valence-corrected chi connectivity index (χ2v) is 11.0. The van der Waals surface area contributed by atoms with Gasteiger partial charge >= 0.3 is 0 Å². The monoisotopic (exact) mass is 451 g/mol. The summed E-state index contributed by atoms with van der Waals surface area (Å²) in [4.78, 5) is 4.49. The zero-order valence-corrected chi connectivity index (χ0v) is 18.2. The smallest absolute Gasteiger partial charge is 0.250 e. The van der Waals surface area contributed by atoms with Crippen LogP contribution in [-0.4, -0.2) is 58.8 Å². The zero-order valence-electron chi connectivity index (χ0n) is 17.4. The first-order chi connectivity index (χ1) is 14.7. The Kier molecular flexibility index (Phi) is 5.16. The summed E-state index contributed by atoms with van der Waals surface area (Å²) in [5.74, 6) is -0.291. The first kappa shape index (κ1) is 21.0. The average molecular weight is 452 g/mol. The van der Waals surface area contributed by atoms with Gasteiger partial charge in [0.25, 0.3) is 10.0 Å². The highest BCUT2D eigenvalue weighted by Crippen LogP contribution is 2.39. The minimum absolute atomic E-state index is 0.141. The van der Waals surface area contributed by atoms with E-state index in [9.17, 15) is 17.2 Å². The molecule has 1 unspecified atom stereocenters. The van der Waals surface area contributed by atoms with E-state index < -0.39 is 21.7 Å². The summed E-state index contributed by atoms with van der Waals surface area (Å²) in [5, 5.41) is 4.24. The van der Waals surface area contributed by atoms with Crippen molar-refractivity contribution in [1.29, 1.82) is 0 Å². The molecule has 1 aromatic carbocycles. The van der Waals surface area contributed by atoms with Gasteiger partial charge in [0.1, 0.15) is 11.6 Å². The Balaban J connectivity index is 1.37. The fraction of sp³-hybridized carbons (Fsp3) is 0.571. The summed E-state index contributed by atoms with van der Waals surface area (Å²) in [5.41, 5.74) is 8.59. The molecule has 1 aromatic heterocycles. The highest BCUT2D eigenvalue weighted by atomic mass is 32.2. The number of hydrogen-bond acceptors (Lipinski definition) is 6. The van der Waals surface area contributed by atoms with Gasteiger partial charge in [0.05, 0.1) is 18.0 Å². The van der Waals surface area contributed by atoms with Crippen molar-refractivity contribution in [2.24, 2.45) is 11.7 Å². The molecule has 31 heavy (non-hydrogen) atoms. The van der Waals surface area contributed by atoms with E-state index in [0.29, 0.717) is 37.5 Å². The van der Waals surface area contributed by atoms with Crippen LogP contribution in [-0.2, 0) is 23.1 Å². The van der Waals surface area contributed by atoms with Gasteiger partial charge in [-0.1, -0.05) is 0 Å². The topological polar surface area (TPSA) is 84.5 Å². The molecule has 3 aliphatic rings. The lowest BCUT2D eigenvalue weighted by Gasteiger charge is -2.46. The lowest BCUT2D eigenvalue weighted by atomic mass is 9.87. The molecule has 2 aromatic rings. The van der Waals surface area contributed by atoms with E-state index in [2.05, 4.69) is 14.9 Å². The zero-order chi connectivity index (χ0) is 21.9. The molecular weight excluding hydrogens is 424 g/mol. The molecule has 2 fully saturated rings. The molecule has 1 aliphatic carbocycles. The maximum absolute atomic E-state index is 14.6. The number of benzene rings is 1. The molecule has 0 amide bonds. The molecular formula is C21H27F2N5O2S. The Morgan fingerprint density at radius 3 is 2.68 bits per heavy atom. The van der Waals surface area contributed by atoms with E-state index in [-0.39, 0.29) is 18.1 Å². The van der Waals surface area contributed by atoms with Crippen molar-refractivity contribution in [3.63, 3.8) is 0 Å². The van der Waals surface area contributed by atoms with Crippen LogP contribution in [0.2, 0.25) is 0 Å². The quantitative estimate of drug-likeness (QED) is 0.747. The van der Waals surface area contributed by atoms with Gasteiger partial charge in [0.2, 0.25) is 0 Å². The molecule has 2 aliphatic heterocycles. The Hall–Kier alpha value is -1.88. The first-order valence-electron chi connectivity index (χ1n) is 10.7. The summed E-state index contributed by atoms with van der Waals surface area (Å²) in [6, 6.07) is 3.04. The van der Waals surface area contributed by atoms with E-state index in [1.54, 1.807) is 6.20 Å². The van der Waals surface area contributed by atoms with Gasteiger partial charge in [-0.2, -0.15) is 9.19 Å². The number of fused-ring (bicyclic) bond motifs is 1. The van der Waals surface area contributed by atoms with Crippen molar-refractivity contribution in [1.82, 2.24) is 19.0 Å². The summed E-state index contributed by atoms with van der Waals surface area (Å²) >= 11 is 0. The van der Waals surface area contributed by atoms with Crippen LogP contribution in [0.4, 0.5) is 8.78 Å². The van der Waals surface area contributed by atoms with Crippen molar-refractivity contribution < 1.29 is 17.2 Å². The van der Waals surface area contributed by atoms with Crippen molar-refractivity contribution in [2.45, 2.75) is 50.5 Å². The molecule has 0 spiro atoms. The number of rotatable bonds is 5. The molecule has 3 heterocycles. The van der Waals surface area contributed by atoms with Crippen LogP contribution >= 0.6 is 0 Å². The van der Waals surface area contributed by atoms with Crippen molar-refractivity contribution >= 4 is 10.0 Å². The van der Waals surface area contributed by atoms with Gasteiger partial charge in [-0.05, 0) is 43.4 Å². The van der Waals surface area contributed by atoms with Crippen molar-refractivity contribution in [3.8, 4) is 0 Å². The lowest BCUT2D eigenvalue weighted by molar-refractivity contribution is 0.0384. The molecule has 1 saturated heterocycles. The Labute approximate surface area is 180 Å². The third kappa shape index (κ3) is 4.13. The number of aromatic nitrogens is 2. The summed E-state index contributed by atoms with van der Waals surface area (Å²) < 4.78 is 53.0. The maximum Gasteiger partial charge on any atom is 0.250 e. The fourth-order valence-electron chi connectivity index (χ4n) is 5.01. The first-order valence-corrected chi connectivity index (χ1v) is 12.5. The second-order valence-electron chi connectivity index (χ2n) is 9.20. The highest BCUT2D eigenvalue weighted by Gasteiger charge is 2.42. The molecule has 0 radical (unpaired) electrons. The van der Waals surface area contributed by atoms with Crippen LogP contribution in [0.15, 0.2) is 24.4 Å². The largest absolute Gasteiger partial charge is 0.326 e. The van der Waals surface area contributed by atoms with E-state index in [0.717, 1.165) is 47.1 Å². The van der Waals surface area contributed by atoms with Crippen LogP contribution < -0.4 is 5.73 Å². The second kappa shape index (κ2) is 7.61. The minimum atomic E-state index is -3.40. The van der Waals surface area contributed by atoms with Crippen molar-refractivity contribution in [2.75, 3.05) is 19.3 Å². The summed E-state index contributed by atoms with van der Waals surface area (Å²) in [6.45, 7) is 2.70. The normalized spacial score (nSPS) is 27.5. The van der Waals surface area contributed by atoms with Gasteiger partial charge in [0, 0.05) is 55.6 Å². The fourth-order valence-corrected chi connectivity index (χ4v) is 5.57. The molecule has 5 rings (SSSR count). The number of piperidine rings is 1. The SMILES string of the molecule is CS(=O)(=O)n1cc2c(n1)CN([C@@H]1C[C@H](N)C(c3cc(F)ccc3F)N(CC3CC3)C1)C2. The number of likely N-dealkylation sites (tertiary alicyclic amines) is 1. The van der Waals surface area contributed by atoms with Gasteiger partial charge in [-0.15, -0.1) is 0 Å². The average Bonchev–Trinajstić information content (AvgIpc) is 3.25. The van der Waals surface area contributed by atoms with E-state index in [4.69, 9.17) is 5.73 Å². The van der Waals surface area contributed by atoms with E-state index in [1.807, 2.05) is 0 Å². The number of nitrogens with two attached hydrogens (primary N) is 1. The van der Waals surface area contributed by atoms with Crippen molar-refractivity contribution in [3.05, 3.63) is 52.9 Å². The molecule has 1 saturated carbocycles. The lowest BCUT2D eigenvalue weighted by Crippen LogP contribution is -2.56. The Morgan fingerprint density at radius 2 is 2.00 bits per heavy atom. The van der Waals surface area contributed by atoms with Crippen LogP contribution in [0.3, 0.4) is 0 Å². The molecule has 2 N–H and O–H groups in total. The molecule has 10 heteroatoms. The van der Waals surface area contributed by atoms with E-state index in [1.165, 1.54) is 12.1 Å². The third-order valence-electron chi connectivity index (χ3n) is 6.69. The molecule has 7 nitrogen and oxygen atoms in total. The summed E-state index contributed by atoms with van der Waals surface area (Å²) in [6.07, 6.45) is 5.68. The molecule has 0 bridgehead atoms. The predicted molar refractivity (Wildman–Crippen MR) is 111 cm³/mol. The Morgan fingerprint density at radius 1 is 1.23 bits per heavy atom. The van der Waals surface area contributed by atoms with E-state index >= 15 is 0 Å². The summed E-state index contributed by atoms with van der Waals surface area (Å²) in [7, 11) is -3.40.